The number of para-hydroxylation sites is 1. The van der Waals surface area contributed by atoms with Crippen molar-refractivity contribution in [1.82, 2.24) is 10.3 Å². The Kier molecular flexibility index (Phi) is 4.74. The Morgan fingerprint density at radius 3 is 2.81 bits per heavy atom. The summed E-state index contributed by atoms with van der Waals surface area (Å²) in [7, 11) is 0. The number of amides is 2. The third kappa shape index (κ3) is 3.78. The number of thiazole rings is 1. The van der Waals surface area contributed by atoms with Crippen LogP contribution in [0.3, 0.4) is 0 Å². The van der Waals surface area contributed by atoms with E-state index in [0.29, 0.717) is 17.8 Å². The molecule has 2 N–H and O–H groups in total. The maximum absolute atomic E-state index is 12.4. The highest BCUT2D eigenvalue weighted by Gasteiger charge is 2.30. The van der Waals surface area contributed by atoms with Gasteiger partial charge >= 0.3 is 0 Å². The van der Waals surface area contributed by atoms with Gasteiger partial charge in [-0.15, -0.1) is 22.7 Å². The molecule has 1 aliphatic rings. The van der Waals surface area contributed by atoms with E-state index in [1.165, 1.54) is 16.0 Å². The summed E-state index contributed by atoms with van der Waals surface area (Å²) in [5.74, 6) is 0.123. The number of carbonyl (C=O) groups is 2. The van der Waals surface area contributed by atoms with Crippen LogP contribution in [0.15, 0.2) is 30.3 Å². The maximum Gasteiger partial charge on any atom is 0.261 e. The van der Waals surface area contributed by atoms with E-state index < -0.39 is 0 Å². The molecule has 0 bridgehead atoms. The number of hydrogen-bond donors (Lipinski definition) is 2. The predicted octanol–water partition coefficient (Wildman–Crippen LogP) is 3.99. The van der Waals surface area contributed by atoms with Gasteiger partial charge in [-0.05, 0) is 43.5 Å². The molecule has 0 unspecified atom stereocenters. The number of rotatable bonds is 6. The predicted molar refractivity (Wildman–Crippen MR) is 106 cm³/mol. The van der Waals surface area contributed by atoms with E-state index in [4.69, 9.17) is 0 Å². The Morgan fingerprint density at radius 1 is 1.23 bits per heavy atom. The molecule has 1 aromatic carbocycles. The van der Waals surface area contributed by atoms with Crippen LogP contribution < -0.4 is 10.6 Å². The van der Waals surface area contributed by atoms with Crippen LogP contribution in [0.2, 0.25) is 0 Å². The van der Waals surface area contributed by atoms with Crippen LogP contribution in [0.5, 0.6) is 0 Å². The van der Waals surface area contributed by atoms with Gasteiger partial charge in [-0.1, -0.05) is 12.1 Å². The van der Waals surface area contributed by atoms with E-state index >= 15 is 0 Å². The summed E-state index contributed by atoms with van der Waals surface area (Å²) in [4.78, 5) is 29.5. The van der Waals surface area contributed by atoms with Crippen LogP contribution in [0.4, 0.5) is 5.00 Å². The lowest BCUT2D eigenvalue weighted by Gasteiger charge is -2.03. The average Bonchev–Trinajstić information content (AvgIpc) is 3.29. The second-order valence-electron chi connectivity index (χ2n) is 6.47. The van der Waals surface area contributed by atoms with Crippen LogP contribution in [-0.2, 0) is 11.2 Å². The van der Waals surface area contributed by atoms with Crippen LogP contribution in [-0.4, -0.2) is 23.3 Å². The van der Waals surface area contributed by atoms with Gasteiger partial charge in [0.05, 0.1) is 25.1 Å². The minimum absolute atomic E-state index is 0.0639. The van der Waals surface area contributed by atoms with Gasteiger partial charge in [0.15, 0.2) is 0 Å². The second kappa shape index (κ2) is 7.17. The highest BCUT2D eigenvalue weighted by Crippen LogP contribution is 2.32. The fourth-order valence-electron chi connectivity index (χ4n) is 2.73. The van der Waals surface area contributed by atoms with Crippen molar-refractivity contribution in [2.75, 3.05) is 11.9 Å². The molecule has 1 saturated carbocycles. The average molecular weight is 386 g/mol. The van der Waals surface area contributed by atoms with Crippen LogP contribution >= 0.6 is 22.7 Å². The number of thiophene rings is 1. The van der Waals surface area contributed by atoms with Crippen molar-refractivity contribution in [2.24, 2.45) is 5.92 Å². The molecular weight excluding hydrogens is 366 g/mol. The molecule has 2 aromatic heterocycles. The minimum Gasteiger partial charge on any atom is -0.351 e. The van der Waals surface area contributed by atoms with Gasteiger partial charge in [0.25, 0.3) is 5.91 Å². The van der Waals surface area contributed by atoms with Crippen molar-refractivity contribution in [3.63, 3.8) is 0 Å². The van der Waals surface area contributed by atoms with Crippen molar-refractivity contribution in [3.8, 4) is 0 Å². The van der Waals surface area contributed by atoms with Gasteiger partial charge in [-0.25, -0.2) is 4.98 Å². The summed E-state index contributed by atoms with van der Waals surface area (Å²) < 4.78 is 1.17. The van der Waals surface area contributed by atoms with Gasteiger partial charge in [-0.3, -0.25) is 9.59 Å². The Balaban J connectivity index is 1.34. The molecular formula is C19H19N3O2S2. The van der Waals surface area contributed by atoms with Crippen molar-refractivity contribution < 1.29 is 9.59 Å². The number of benzene rings is 1. The largest absolute Gasteiger partial charge is 0.351 e. The molecule has 0 aliphatic heterocycles. The highest BCUT2D eigenvalue weighted by molar-refractivity contribution is 7.18. The maximum atomic E-state index is 12.4. The Labute approximate surface area is 159 Å². The molecule has 2 heterocycles. The fourth-order valence-corrected chi connectivity index (χ4v) is 4.69. The highest BCUT2D eigenvalue weighted by atomic mass is 32.1. The first-order chi connectivity index (χ1) is 12.6. The molecule has 5 nitrogen and oxygen atoms in total. The van der Waals surface area contributed by atoms with Gasteiger partial charge in [-0.2, -0.15) is 0 Å². The summed E-state index contributed by atoms with van der Waals surface area (Å²) in [5.41, 5.74) is 1.89. The summed E-state index contributed by atoms with van der Waals surface area (Å²) in [6.45, 7) is 2.44. The first-order valence-corrected chi connectivity index (χ1v) is 10.3. The Hall–Kier alpha value is -2.25. The molecule has 26 heavy (non-hydrogen) atoms. The molecule has 1 fully saturated rings. The van der Waals surface area contributed by atoms with Crippen LogP contribution in [0, 0.1) is 12.8 Å². The first kappa shape index (κ1) is 17.2. The first-order valence-electron chi connectivity index (χ1n) is 8.64. The zero-order chi connectivity index (χ0) is 18.1. The molecule has 2 amide bonds. The lowest BCUT2D eigenvalue weighted by molar-refractivity contribution is -0.117. The number of anilines is 1. The minimum atomic E-state index is -0.0967. The van der Waals surface area contributed by atoms with E-state index in [2.05, 4.69) is 21.7 Å². The number of carbonyl (C=O) groups excluding carboxylic acids is 2. The summed E-state index contributed by atoms with van der Waals surface area (Å²) in [6, 6.07) is 9.91. The number of nitrogens with one attached hydrogen (secondary N) is 2. The molecule has 3 aromatic rings. The van der Waals surface area contributed by atoms with E-state index in [1.807, 2.05) is 31.2 Å². The fraction of sp³-hybridized carbons (Fsp3) is 0.316. The lowest BCUT2D eigenvalue weighted by atomic mass is 10.2. The van der Waals surface area contributed by atoms with Crippen molar-refractivity contribution in [3.05, 3.63) is 45.8 Å². The molecule has 134 valence electrons. The molecule has 7 heteroatoms. The molecule has 0 spiro atoms. The number of hydrogen-bond acceptors (Lipinski definition) is 5. The second-order valence-corrected chi connectivity index (χ2v) is 8.63. The number of aryl methyl sites for hydroxylation is 1. The Morgan fingerprint density at radius 2 is 2.04 bits per heavy atom. The van der Waals surface area contributed by atoms with Gasteiger partial charge in [0.1, 0.15) is 0 Å². The smallest absolute Gasteiger partial charge is 0.261 e. The quantitative estimate of drug-likeness (QED) is 0.674. The van der Waals surface area contributed by atoms with Gasteiger partial charge < -0.3 is 10.6 Å². The third-order valence-electron chi connectivity index (χ3n) is 4.28. The zero-order valence-electron chi connectivity index (χ0n) is 14.4. The molecule has 0 atom stereocenters. The number of nitrogens with zero attached hydrogens (tertiary/aromatic N) is 1. The van der Waals surface area contributed by atoms with Crippen molar-refractivity contribution in [1.29, 1.82) is 0 Å². The van der Waals surface area contributed by atoms with Crippen molar-refractivity contribution >= 4 is 49.7 Å². The molecule has 0 saturated heterocycles. The van der Waals surface area contributed by atoms with Gasteiger partial charge in [0, 0.05) is 18.9 Å². The number of fused-ring (bicyclic) bond motifs is 1. The van der Waals surface area contributed by atoms with Crippen LogP contribution in [0.1, 0.15) is 33.1 Å². The normalized spacial score (nSPS) is 13.7. The topological polar surface area (TPSA) is 71.1 Å². The monoisotopic (exact) mass is 385 g/mol. The zero-order valence-corrected chi connectivity index (χ0v) is 16.0. The summed E-state index contributed by atoms with van der Waals surface area (Å²) >= 11 is 2.99. The molecule has 1 aliphatic carbocycles. The van der Waals surface area contributed by atoms with E-state index in [-0.39, 0.29) is 17.7 Å². The molecule has 0 radical (unpaired) electrons. The third-order valence-corrected chi connectivity index (χ3v) is 6.53. The van der Waals surface area contributed by atoms with E-state index in [0.717, 1.165) is 33.9 Å². The van der Waals surface area contributed by atoms with E-state index in [9.17, 15) is 9.59 Å². The van der Waals surface area contributed by atoms with E-state index in [1.54, 1.807) is 11.3 Å². The molecule has 4 rings (SSSR count). The van der Waals surface area contributed by atoms with Crippen LogP contribution in [0.25, 0.3) is 10.2 Å². The summed E-state index contributed by atoms with van der Waals surface area (Å²) in [6.07, 6.45) is 2.64. The number of aromatic nitrogens is 1. The standard InChI is InChI=1S/C19H19N3O2S2/c1-11-10-16(22-18(23)12-6-7-12)26-17(11)19(24)20-9-8-15-21-13-4-2-3-5-14(13)25-15/h2-5,10,12H,6-9H2,1H3,(H,20,24)(H,22,23). The Bertz CT molecular complexity index is 939. The lowest BCUT2D eigenvalue weighted by Crippen LogP contribution is -2.25. The summed E-state index contributed by atoms with van der Waals surface area (Å²) in [5, 5.41) is 7.63. The van der Waals surface area contributed by atoms with Crippen molar-refractivity contribution in [2.45, 2.75) is 26.2 Å². The SMILES string of the molecule is Cc1cc(NC(=O)C2CC2)sc1C(=O)NCCc1nc2ccccc2s1. The van der Waals surface area contributed by atoms with Gasteiger partial charge in [0.2, 0.25) is 5.91 Å².